The number of aliphatic hydroxyl groups is 1. The summed E-state index contributed by atoms with van der Waals surface area (Å²) in [7, 11) is 0. The Kier molecular flexibility index (Phi) is 4.08. The largest absolute Gasteiger partial charge is 0.396 e. The van der Waals surface area contributed by atoms with Gasteiger partial charge < -0.3 is 10.4 Å². The third-order valence-electron chi connectivity index (χ3n) is 4.93. The van der Waals surface area contributed by atoms with Crippen LogP contribution in [0.4, 0.5) is 0 Å². The topological polar surface area (TPSA) is 49.3 Å². The molecule has 2 unspecified atom stereocenters. The zero-order chi connectivity index (χ0) is 12.3. The van der Waals surface area contributed by atoms with E-state index in [1.54, 1.807) is 0 Å². The normalized spacial score (nSPS) is 31.6. The Labute approximate surface area is 104 Å². The highest BCUT2D eigenvalue weighted by molar-refractivity contribution is 5.83. The number of hydrogen-bond acceptors (Lipinski definition) is 2. The van der Waals surface area contributed by atoms with Crippen LogP contribution in [0.15, 0.2) is 0 Å². The van der Waals surface area contributed by atoms with Gasteiger partial charge in [0.05, 0.1) is 0 Å². The molecule has 2 fully saturated rings. The monoisotopic (exact) mass is 239 g/mol. The first kappa shape index (κ1) is 12.9. The van der Waals surface area contributed by atoms with E-state index in [0.29, 0.717) is 0 Å². The summed E-state index contributed by atoms with van der Waals surface area (Å²) in [6, 6.07) is 0.219. The minimum atomic E-state index is -0.0946. The molecule has 3 heteroatoms. The van der Waals surface area contributed by atoms with Crippen LogP contribution < -0.4 is 5.32 Å². The number of amides is 1. The van der Waals surface area contributed by atoms with Crippen molar-refractivity contribution in [3.05, 3.63) is 0 Å². The predicted molar refractivity (Wildman–Crippen MR) is 67.5 cm³/mol. The molecule has 1 amide bonds. The summed E-state index contributed by atoms with van der Waals surface area (Å²) in [6.45, 7) is 2.34. The van der Waals surface area contributed by atoms with Gasteiger partial charge in [-0.15, -0.1) is 0 Å². The lowest BCUT2D eigenvalue weighted by atomic mass is 9.82. The molecule has 0 radical (unpaired) electrons. The fourth-order valence-electron chi connectivity index (χ4n) is 3.56. The Bertz CT molecular complexity index is 271. The average molecular weight is 239 g/mol. The maximum atomic E-state index is 12.4. The fraction of sp³-hybridized carbons (Fsp3) is 0.929. The van der Waals surface area contributed by atoms with Crippen molar-refractivity contribution in [3.63, 3.8) is 0 Å². The van der Waals surface area contributed by atoms with Crippen molar-refractivity contribution in [2.24, 2.45) is 11.3 Å². The van der Waals surface area contributed by atoms with Crippen LogP contribution in [-0.2, 0) is 4.79 Å². The van der Waals surface area contributed by atoms with Crippen LogP contribution in [-0.4, -0.2) is 23.7 Å². The van der Waals surface area contributed by atoms with Gasteiger partial charge in [-0.05, 0) is 32.1 Å². The first-order valence-corrected chi connectivity index (χ1v) is 7.13. The zero-order valence-electron chi connectivity index (χ0n) is 10.9. The number of aliphatic hydroxyl groups excluding tert-OH is 1. The van der Waals surface area contributed by atoms with Crippen LogP contribution in [0.25, 0.3) is 0 Å². The molecule has 98 valence electrons. The molecule has 0 bridgehead atoms. The Morgan fingerprint density at radius 2 is 2.00 bits per heavy atom. The first-order chi connectivity index (χ1) is 8.22. The van der Waals surface area contributed by atoms with E-state index in [2.05, 4.69) is 12.2 Å². The highest BCUT2D eigenvalue weighted by atomic mass is 16.3. The summed E-state index contributed by atoms with van der Waals surface area (Å²) in [4.78, 5) is 12.4. The van der Waals surface area contributed by atoms with E-state index >= 15 is 0 Å². The van der Waals surface area contributed by atoms with Gasteiger partial charge in [0, 0.05) is 24.0 Å². The fourth-order valence-corrected chi connectivity index (χ4v) is 3.56. The van der Waals surface area contributed by atoms with Crippen LogP contribution in [0.1, 0.15) is 58.3 Å². The van der Waals surface area contributed by atoms with Crippen LogP contribution in [0.3, 0.4) is 0 Å². The Morgan fingerprint density at radius 3 is 2.59 bits per heavy atom. The maximum Gasteiger partial charge on any atom is 0.226 e. The SMILES string of the molecule is CCC1(C(=O)NC2CCCC2CO)CCCC1. The molecule has 0 aromatic carbocycles. The van der Waals surface area contributed by atoms with E-state index in [-0.39, 0.29) is 29.9 Å². The van der Waals surface area contributed by atoms with Gasteiger partial charge in [-0.1, -0.05) is 26.2 Å². The Morgan fingerprint density at radius 1 is 1.29 bits per heavy atom. The Hall–Kier alpha value is -0.570. The summed E-state index contributed by atoms with van der Waals surface area (Å²) in [5, 5.41) is 12.5. The molecule has 3 nitrogen and oxygen atoms in total. The average Bonchev–Trinajstić information content (AvgIpc) is 2.97. The number of carbonyl (C=O) groups excluding carboxylic acids is 1. The van der Waals surface area contributed by atoms with Gasteiger partial charge in [0.2, 0.25) is 5.91 Å². The second-order valence-corrected chi connectivity index (χ2v) is 5.79. The van der Waals surface area contributed by atoms with Gasteiger partial charge in [0.25, 0.3) is 0 Å². The molecule has 0 saturated heterocycles. The van der Waals surface area contributed by atoms with Crippen LogP contribution in [0, 0.1) is 11.3 Å². The molecule has 0 aliphatic heterocycles. The van der Waals surface area contributed by atoms with Gasteiger partial charge in [0.1, 0.15) is 0 Å². The molecule has 0 spiro atoms. The molecule has 2 aliphatic carbocycles. The smallest absolute Gasteiger partial charge is 0.226 e. The Balaban J connectivity index is 1.96. The molecule has 0 aromatic heterocycles. The third kappa shape index (κ3) is 2.49. The van der Waals surface area contributed by atoms with E-state index in [4.69, 9.17) is 0 Å². The van der Waals surface area contributed by atoms with Crippen molar-refractivity contribution < 1.29 is 9.90 Å². The number of carbonyl (C=O) groups is 1. The minimum Gasteiger partial charge on any atom is -0.396 e. The number of rotatable bonds is 4. The van der Waals surface area contributed by atoms with Crippen molar-refractivity contribution in [2.75, 3.05) is 6.61 Å². The molecule has 0 heterocycles. The lowest BCUT2D eigenvalue weighted by Crippen LogP contribution is -2.46. The van der Waals surface area contributed by atoms with Crippen molar-refractivity contribution in [1.82, 2.24) is 5.32 Å². The van der Waals surface area contributed by atoms with E-state index in [1.165, 1.54) is 12.8 Å². The van der Waals surface area contributed by atoms with Gasteiger partial charge >= 0.3 is 0 Å². The highest BCUT2D eigenvalue weighted by Crippen LogP contribution is 2.41. The molecule has 2 N–H and O–H groups in total. The summed E-state index contributed by atoms with van der Waals surface area (Å²) >= 11 is 0. The summed E-state index contributed by atoms with van der Waals surface area (Å²) < 4.78 is 0. The quantitative estimate of drug-likeness (QED) is 0.790. The van der Waals surface area contributed by atoms with Gasteiger partial charge in [-0.3, -0.25) is 4.79 Å². The first-order valence-electron chi connectivity index (χ1n) is 7.13. The van der Waals surface area contributed by atoms with E-state index < -0.39 is 0 Å². The van der Waals surface area contributed by atoms with Crippen LogP contribution in [0.2, 0.25) is 0 Å². The van der Waals surface area contributed by atoms with Crippen molar-refractivity contribution in [1.29, 1.82) is 0 Å². The van der Waals surface area contributed by atoms with Crippen molar-refractivity contribution in [2.45, 2.75) is 64.3 Å². The van der Waals surface area contributed by atoms with Crippen LogP contribution >= 0.6 is 0 Å². The number of nitrogens with one attached hydrogen (secondary N) is 1. The molecular formula is C14H25NO2. The zero-order valence-corrected chi connectivity index (χ0v) is 10.9. The predicted octanol–water partition coefficient (Wildman–Crippen LogP) is 2.23. The summed E-state index contributed by atoms with van der Waals surface area (Å²) in [5.41, 5.74) is -0.0946. The minimum absolute atomic E-state index is 0.0946. The van der Waals surface area contributed by atoms with Gasteiger partial charge in [-0.25, -0.2) is 0 Å². The van der Waals surface area contributed by atoms with Crippen molar-refractivity contribution >= 4 is 5.91 Å². The molecule has 2 aliphatic rings. The van der Waals surface area contributed by atoms with E-state index in [0.717, 1.165) is 38.5 Å². The standard InChI is InChI=1S/C14H25NO2/c1-2-14(8-3-4-9-14)13(17)15-12-7-5-6-11(12)10-16/h11-12,16H,2-10H2,1H3,(H,15,17). The molecule has 2 atom stereocenters. The molecule has 2 saturated carbocycles. The van der Waals surface area contributed by atoms with Crippen molar-refractivity contribution in [3.8, 4) is 0 Å². The van der Waals surface area contributed by atoms with Gasteiger partial charge in [0.15, 0.2) is 0 Å². The third-order valence-corrected chi connectivity index (χ3v) is 4.93. The molecule has 0 aromatic rings. The molecular weight excluding hydrogens is 214 g/mol. The van der Waals surface area contributed by atoms with Crippen LogP contribution in [0.5, 0.6) is 0 Å². The molecule has 2 rings (SSSR count). The lowest BCUT2D eigenvalue weighted by Gasteiger charge is -2.29. The summed E-state index contributed by atoms with van der Waals surface area (Å²) in [5.74, 6) is 0.539. The van der Waals surface area contributed by atoms with E-state index in [1.807, 2.05) is 0 Å². The lowest BCUT2D eigenvalue weighted by molar-refractivity contribution is -0.132. The second kappa shape index (κ2) is 5.38. The van der Waals surface area contributed by atoms with Gasteiger partial charge in [-0.2, -0.15) is 0 Å². The van der Waals surface area contributed by atoms with E-state index in [9.17, 15) is 9.90 Å². The summed E-state index contributed by atoms with van der Waals surface area (Å²) in [6.07, 6.45) is 8.66. The molecule has 17 heavy (non-hydrogen) atoms. The second-order valence-electron chi connectivity index (χ2n) is 5.79. The highest BCUT2D eigenvalue weighted by Gasteiger charge is 2.41. The number of hydrogen-bond donors (Lipinski definition) is 2. The maximum absolute atomic E-state index is 12.4.